The minimum absolute atomic E-state index is 0.118. The zero-order valence-electron chi connectivity index (χ0n) is 14.5. The fourth-order valence-electron chi connectivity index (χ4n) is 3.08. The molecule has 0 aliphatic carbocycles. The summed E-state index contributed by atoms with van der Waals surface area (Å²) in [7, 11) is 0. The Hall–Kier alpha value is -3.48. The van der Waals surface area contributed by atoms with E-state index in [9.17, 15) is 9.59 Å². The third kappa shape index (κ3) is 3.87. The molecule has 0 bridgehead atoms. The van der Waals surface area contributed by atoms with Crippen molar-refractivity contribution >= 4 is 11.9 Å². The fraction of sp³-hybridized carbons (Fsp3) is 0.200. The van der Waals surface area contributed by atoms with Gasteiger partial charge in [-0.05, 0) is 17.2 Å². The minimum Gasteiger partial charge on any atom is -0.453 e. The fourth-order valence-corrected chi connectivity index (χ4v) is 3.08. The lowest BCUT2D eigenvalue weighted by molar-refractivity contribution is -0.123. The van der Waals surface area contributed by atoms with E-state index in [0.29, 0.717) is 18.7 Å². The number of cyclic esters (lactones) is 1. The number of hydrogen-bond donors (Lipinski definition) is 1. The summed E-state index contributed by atoms with van der Waals surface area (Å²) in [6, 6.07) is 15.1. The molecule has 2 heterocycles. The number of hydrogen-bond acceptors (Lipinski definition) is 5. The van der Waals surface area contributed by atoms with Crippen LogP contribution in [0.4, 0.5) is 0 Å². The number of amides is 1. The van der Waals surface area contributed by atoms with Gasteiger partial charge in [0.1, 0.15) is 18.8 Å². The summed E-state index contributed by atoms with van der Waals surface area (Å²) in [5.41, 5.74) is 3.41. The lowest BCUT2D eigenvalue weighted by Gasteiger charge is -2.11. The summed E-state index contributed by atoms with van der Waals surface area (Å²) in [5, 5.41) is 6.96. The Morgan fingerprint density at radius 2 is 1.89 bits per heavy atom. The summed E-state index contributed by atoms with van der Waals surface area (Å²) < 4.78 is 7.05. The number of carbonyl (C=O) groups is 2. The molecule has 0 saturated heterocycles. The van der Waals surface area contributed by atoms with Crippen LogP contribution in [0.2, 0.25) is 0 Å². The first-order valence-corrected chi connectivity index (χ1v) is 8.66. The Kier molecular flexibility index (Phi) is 4.65. The highest BCUT2D eigenvalue weighted by Gasteiger charge is 2.31. The second kappa shape index (κ2) is 7.41. The minimum atomic E-state index is -0.515. The van der Waals surface area contributed by atoms with Crippen molar-refractivity contribution < 1.29 is 14.3 Å². The van der Waals surface area contributed by atoms with E-state index in [-0.39, 0.29) is 18.3 Å². The molecule has 0 fully saturated rings. The quantitative estimate of drug-likeness (QED) is 0.680. The number of fused-ring (bicyclic) bond motifs is 1. The van der Waals surface area contributed by atoms with Crippen LogP contribution in [-0.4, -0.2) is 26.6 Å². The number of nitrogens with zero attached hydrogens (tertiary/aromatic N) is 3. The van der Waals surface area contributed by atoms with Crippen molar-refractivity contribution in [2.24, 2.45) is 0 Å². The van der Waals surface area contributed by atoms with Crippen LogP contribution in [0.3, 0.4) is 0 Å². The van der Waals surface area contributed by atoms with Crippen LogP contribution >= 0.6 is 0 Å². The number of aromatic nitrogens is 3. The van der Waals surface area contributed by atoms with Gasteiger partial charge in [-0.2, -0.15) is 5.10 Å². The van der Waals surface area contributed by atoms with Gasteiger partial charge in [0.25, 0.3) is 0 Å². The maximum atomic E-state index is 12.2. The van der Waals surface area contributed by atoms with Crippen molar-refractivity contribution in [2.75, 3.05) is 0 Å². The number of nitrogens with one attached hydrogen (secondary N) is 1. The topological polar surface area (TPSA) is 86.1 Å². The molecule has 1 N–H and O–H groups in total. The van der Waals surface area contributed by atoms with E-state index in [1.807, 2.05) is 36.4 Å². The average molecular weight is 362 g/mol. The van der Waals surface area contributed by atoms with Crippen LogP contribution in [0.15, 0.2) is 61.2 Å². The summed E-state index contributed by atoms with van der Waals surface area (Å²) in [6.07, 6.45) is 2.78. The standard InChI is InChI=1S/C20H18N4O3/c25-19(9-18-16-3-1-2-4-17(16)20(26)27-18)22-10-14-5-7-15(8-6-14)11-24-13-21-12-23-24/h1-8,12-13,18H,9-11H2,(H,22,25). The maximum absolute atomic E-state index is 12.2. The zero-order chi connectivity index (χ0) is 18.6. The van der Waals surface area contributed by atoms with Gasteiger partial charge >= 0.3 is 5.97 Å². The molecule has 136 valence electrons. The maximum Gasteiger partial charge on any atom is 0.339 e. The smallest absolute Gasteiger partial charge is 0.339 e. The van der Waals surface area contributed by atoms with Crippen molar-refractivity contribution in [2.45, 2.75) is 25.6 Å². The van der Waals surface area contributed by atoms with Gasteiger partial charge in [-0.1, -0.05) is 42.5 Å². The van der Waals surface area contributed by atoms with Gasteiger partial charge in [-0.25, -0.2) is 14.5 Å². The predicted molar refractivity (Wildman–Crippen MR) is 96.6 cm³/mol. The van der Waals surface area contributed by atoms with E-state index < -0.39 is 6.10 Å². The Bertz CT molecular complexity index is 952. The molecule has 1 aromatic heterocycles. The van der Waals surface area contributed by atoms with E-state index in [1.54, 1.807) is 23.1 Å². The van der Waals surface area contributed by atoms with Crippen molar-refractivity contribution in [3.63, 3.8) is 0 Å². The van der Waals surface area contributed by atoms with Crippen molar-refractivity contribution in [1.82, 2.24) is 20.1 Å². The first-order chi connectivity index (χ1) is 13.2. The lowest BCUT2D eigenvalue weighted by Crippen LogP contribution is -2.24. The molecule has 7 nitrogen and oxygen atoms in total. The molecule has 0 radical (unpaired) electrons. The van der Waals surface area contributed by atoms with Crippen LogP contribution in [0, 0.1) is 0 Å². The van der Waals surface area contributed by atoms with Gasteiger partial charge in [0.15, 0.2) is 0 Å². The molecule has 1 unspecified atom stereocenters. The molecule has 0 spiro atoms. The second-order valence-electron chi connectivity index (χ2n) is 6.37. The number of esters is 1. The first-order valence-electron chi connectivity index (χ1n) is 8.66. The third-order valence-corrected chi connectivity index (χ3v) is 4.47. The van der Waals surface area contributed by atoms with E-state index in [2.05, 4.69) is 15.4 Å². The molecule has 27 heavy (non-hydrogen) atoms. The van der Waals surface area contributed by atoms with Gasteiger partial charge in [0.2, 0.25) is 5.91 Å². The molecule has 3 aromatic rings. The average Bonchev–Trinajstić information content (AvgIpc) is 3.30. The predicted octanol–water partition coefficient (Wildman–Crippen LogP) is 2.24. The van der Waals surface area contributed by atoms with Gasteiger partial charge in [0, 0.05) is 12.1 Å². The molecule has 1 aliphatic rings. The van der Waals surface area contributed by atoms with Crippen molar-refractivity contribution in [3.05, 3.63) is 83.4 Å². The Morgan fingerprint density at radius 3 is 2.67 bits per heavy atom. The third-order valence-electron chi connectivity index (χ3n) is 4.47. The highest BCUT2D eigenvalue weighted by atomic mass is 16.5. The van der Waals surface area contributed by atoms with Crippen LogP contribution < -0.4 is 5.32 Å². The van der Waals surface area contributed by atoms with E-state index in [0.717, 1.165) is 16.7 Å². The van der Waals surface area contributed by atoms with Gasteiger partial charge in [0.05, 0.1) is 18.5 Å². The Morgan fingerprint density at radius 1 is 1.11 bits per heavy atom. The second-order valence-corrected chi connectivity index (χ2v) is 6.37. The molecule has 0 saturated carbocycles. The van der Waals surface area contributed by atoms with Gasteiger partial charge < -0.3 is 10.1 Å². The lowest BCUT2D eigenvalue weighted by atomic mass is 10.0. The normalized spacial score (nSPS) is 15.3. The Balaban J connectivity index is 1.30. The summed E-state index contributed by atoms with van der Waals surface area (Å²) >= 11 is 0. The highest BCUT2D eigenvalue weighted by Crippen LogP contribution is 2.32. The van der Waals surface area contributed by atoms with E-state index in [4.69, 9.17) is 4.74 Å². The van der Waals surface area contributed by atoms with Crippen molar-refractivity contribution in [3.8, 4) is 0 Å². The van der Waals surface area contributed by atoms with E-state index >= 15 is 0 Å². The molecule has 7 heteroatoms. The van der Waals surface area contributed by atoms with Crippen LogP contribution in [0.5, 0.6) is 0 Å². The van der Waals surface area contributed by atoms with Crippen LogP contribution in [0.25, 0.3) is 0 Å². The molecular weight excluding hydrogens is 344 g/mol. The SMILES string of the molecule is O=C(CC1OC(=O)c2ccccc21)NCc1ccc(Cn2cncn2)cc1. The summed E-state index contributed by atoms with van der Waals surface area (Å²) in [6.45, 7) is 1.07. The zero-order valence-corrected chi connectivity index (χ0v) is 14.5. The molecule has 1 amide bonds. The number of ether oxygens (including phenoxy) is 1. The first kappa shape index (κ1) is 17.0. The summed E-state index contributed by atoms with van der Waals surface area (Å²) in [5.74, 6) is -0.525. The molecular formula is C20H18N4O3. The number of rotatable bonds is 6. The highest BCUT2D eigenvalue weighted by molar-refractivity contribution is 5.94. The number of carbonyl (C=O) groups excluding carboxylic acids is 2. The van der Waals surface area contributed by atoms with Gasteiger partial charge in [-0.15, -0.1) is 0 Å². The summed E-state index contributed by atoms with van der Waals surface area (Å²) in [4.78, 5) is 28.0. The van der Waals surface area contributed by atoms with E-state index in [1.165, 1.54) is 6.33 Å². The van der Waals surface area contributed by atoms with Gasteiger partial charge in [-0.3, -0.25) is 4.79 Å². The van der Waals surface area contributed by atoms with Crippen molar-refractivity contribution in [1.29, 1.82) is 0 Å². The monoisotopic (exact) mass is 362 g/mol. The van der Waals surface area contributed by atoms with Crippen LogP contribution in [-0.2, 0) is 22.6 Å². The molecule has 4 rings (SSSR count). The molecule has 2 aromatic carbocycles. The molecule has 1 atom stereocenters. The molecule has 1 aliphatic heterocycles. The van der Waals surface area contributed by atoms with Crippen LogP contribution in [0.1, 0.15) is 39.6 Å². The largest absolute Gasteiger partial charge is 0.453 e. The Labute approximate surface area is 156 Å². The number of benzene rings is 2.